The van der Waals surface area contributed by atoms with E-state index in [0.717, 1.165) is 22.3 Å². The molecule has 2 aliphatic heterocycles. The Labute approximate surface area is 267 Å². The summed E-state index contributed by atoms with van der Waals surface area (Å²) in [7, 11) is 2.07. The SMILES string of the molecule is C[C@@H](c1ccccc1)N(C)C[C@H]1C[C@@H](c2ccc(CO)cc2)O[C@@H](c2ccc(CNC(=O)[C@@H]3CCCN3C(=O)C(F)(F)F)cc2)O1. The van der Waals surface area contributed by atoms with E-state index in [1.54, 1.807) is 0 Å². The lowest BCUT2D eigenvalue weighted by Gasteiger charge is -2.39. The number of hydrogen-bond donors (Lipinski definition) is 2. The number of aliphatic hydroxyl groups is 1. The van der Waals surface area contributed by atoms with Crippen molar-refractivity contribution < 1.29 is 37.3 Å². The minimum atomic E-state index is -5.02. The Morgan fingerprint density at radius 1 is 0.978 bits per heavy atom. The number of alkyl halides is 3. The molecular weight excluding hydrogens is 599 g/mol. The number of ether oxygens (including phenoxy) is 2. The second kappa shape index (κ2) is 14.8. The summed E-state index contributed by atoms with van der Waals surface area (Å²) in [6.45, 7) is 2.79. The molecule has 3 aromatic rings. The number of benzene rings is 3. The van der Waals surface area contributed by atoms with Gasteiger partial charge < -0.3 is 24.8 Å². The summed E-state index contributed by atoms with van der Waals surface area (Å²) >= 11 is 0. The number of halogens is 3. The zero-order valence-electron chi connectivity index (χ0n) is 26.0. The summed E-state index contributed by atoms with van der Waals surface area (Å²) in [5.41, 5.74) is 4.53. The molecule has 2 heterocycles. The fourth-order valence-corrected chi connectivity index (χ4v) is 6.04. The van der Waals surface area contributed by atoms with Crippen LogP contribution in [0, 0.1) is 0 Å². The van der Waals surface area contributed by atoms with Crippen LogP contribution in [0.4, 0.5) is 13.2 Å². The van der Waals surface area contributed by atoms with Crippen LogP contribution < -0.4 is 5.32 Å². The van der Waals surface area contributed by atoms with E-state index in [9.17, 15) is 27.9 Å². The standard InChI is InChI=1S/C35H40F3N3O5/c1-23(26-7-4-3-5-8-26)40(2)21-29-19-31(27-14-12-25(22-42)13-15-27)46-33(45-29)28-16-10-24(11-17-28)20-39-32(43)30-9-6-18-41(30)34(44)35(36,37)38/h3-5,7-8,10-17,23,29-31,33,42H,6,9,18-22H2,1-2H3,(H,39,43)/t23-,29+,30-,31-,33-/m0/s1. The molecule has 0 radical (unpaired) electrons. The second-order valence-electron chi connectivity index (χ2n) is 12.0. The number of rotatable bonds is 10. The summed E-state index contributed by atoms with van der Waals surface area (Å²) in [6.07, 6.45) is -4.91. The molecule has 0 bridgehead atoms. The van der Waals surface area contributed by atoms with Crippen molar-refractivity contribution in [2.75, 3.05) is 20.1 Å². The average molecular weight is 640 g/mol. The molecular formula is C35H40F3N3O5. The number of nitrogens with zero attached hydrogens (tertiary/aromatic N) is 2. The molecule has 46 heavy (non-hydrogen) atoms. The number of likely N-dealkylation sites (N-methyl/N-ethyl adjacent to an activating group) is 1. The zero-order valence-corrected chi connectivity index (χ0v) is 26.0. The normalized spacial score (nSPS) is 22.5. The smallest absolute Gasteiger partial charge is 0.392 e. The molecule has 2 fully saturated rings. The lowest BCUT2D eigenvalue weighted by molar-refractivity contribution is -0.253. The van der Waals surface area contributed by atoms with Crippen LogP contribution in [0.15, 0.2) is 78.9 Å². The third-order valence-electron chi connectivity index (χ3n) is 8.83. The Balaban J connectivity index is 1.25. The van der Waals surface area contributed by atoms with Crippen molar-refractivity contribution in [2.24, 2.45) is 0 Å². The van der Waals surface area contributed by atoms with Crippen molar-refractivity contribution in [1.82, 2.24) is 15.1 Å². The van der Waals surface area contributed by atoms with Crippen LogP contribution in [-0.2, 0) is 32.2 Å². The molecule has 5 atom stereocenters. The fourth-order valence-electron chi connectivity index (χ4n) is 6.04. The first kappa shape index (κ1) is 33.6. The van der Waals surface area contributed by atoms with Gasteiger partial charge in [0.05, 0.1) is 18.8 Å². The fraction of sp³-hybridized carbons (Fsp3) is 0.429. The maximum atomic E-state index is 13.0. The van der Waals surface area contributed by atoms with Gasteiger partial charge in [-0.15, -0.1) is 0 Å². The van der Waals surface area contributed by atoms with Gasteiger partial charge in [0, 0.05) is 37.7 Å². The first-order valence-electron chi connectivity index (χ1n) is 15.5. The molecule has 0 aromatic heterocycles. The van der Waals surface area contributed by atoms with Gasteiger partial charge in [-0.3, -0.25) is 14.5 Å². The lowest BCUT2D eigenvalue weighted by atomic mass is 9.99. The number of nitrogens with one attached hydrogen (secondary N) is 1. The van der Waals surface area contributed by atoms with Gasteiger partial charge in [-0.2, -0.15) is 13.2 Å². The highest BCUT2D eigenvalue weighted by atomic mass is 19.4. The number of hydrogen-bond acceptors (Lipinski definition) is 6. The molecule has 0 unspecified atom stereocenters. The van der Waals surface area contributed by atoms with Gasteiger partial charge in [-0.05, 0) is 49.1 Å². The van der Waals surface area contributed by atoms with Crippen LogP contribution in [0.2, 0.25) is 0 Å². The topological polar surface area (TPSA) is 91.3 Å². The van der Waals surface area contributed by atoms with Crippen LogP contribution in [0.5, 0.6) is 0 Å². The van der Waals surface area contributed by atoms with E-state index in [1.165, 1.54) is 5.56 Å². The maximum absolute atomic E-state index is 13.0. The molecule has 3 aromatic carbocycles. The molecule has 8 nitrogen and oxygen atoms in total. The number of carbonyl (C=O) groups excluding carboxylic acids is 2. The molecule has 0 spiro atoms. The van der Waals surface area contributed by atoms with Gasteiger partial charge in [-0.25, -0.2) is 0 Å². The quantitative estimate of drug-likeness (QED) is 0.301. The van der Waals surface area contributed by atoms with E-state index < -0.39 is 30.3 Å². The molecule has 0 aliphatic carbocycles. The van der Waals surface area contributed by atoms with E-state index in [0.29, 0.717) is 24.3 Å². The monoisotopic (exact) mass is 639 g/mol. The Morgan fingerprint density at radius 2 is 1.63 bits per heavy atom. The highest BCUT2D eigenvalue weighted by Crippen LogP contribution is 2.38. The predicted molar refractivity (Wildman–Crippen MR) is 165 cm³/mol. The number of amides is 2. The van der Waals surface area contributed by atoms with Crippen molar-refractivity contribution in [3.8, 4) is 0 Å². The molecule has 2 N–H and O–H groups in total. The maximum Gasteiger partial charge on any atom is 0.471 e. The molecule has 2 amide bonds. The molecule has 0 saturated carbocycles. The average Bonchev–Trinajstić information content (AvgIpc) is 3.56. The van der Waals surface area contributed by atoms with Crippen LogP contribution in [0.3, 0.4) is 0 Å². The second-order valence-corrected chi connectivity index (χ2v) is 12.0. The Bertz CT molecular complexity index is 1450. The van der Waals surface area contributed by atoms with E-state index >= 15 is 0 Å². The van der Waals surface area contributed by atoms with E-state index in [2.05, 4.69) is 36.3 Å². The number of aliphatic hydroxyl groups excluding tert-OH is 1. The highest BCUT2D eigenvalue weighted by molar-refractivity contribution is 5.90. The van der Waals surface area contributed by atoms with E-state index in [1.807, 2.05) is 66.7 Å². The Hall–Kier alpha value is -3.77. The van der Waals surface area contributed by atoms with Crippen LogP contribution in [0.25, 0.3) is 0 Å². The van der Waals surface area contributed by atoms with Crippen molar-refractivity contribution in [3.05, 3.63) is 107 Å². The molecule has 5 rings (SSSR count). The van der Waals surface area contributed by atoms with Gasteiger partial charge >= 0.3 is 12.1 Å². The predicted octanol–water partition coefficient (Wildman–Crippen LogP) is 5.59. The first-order chi connectivity index (χ1) is 22.0. The third kappa shape index (κ3) is 8.14. The highest BCUT2D eigenvalue weighted by Gasteiger charge is 2.47. The summed E-state index contributed by atoms with van der Waals surface area (Å²) in [5.74, 6) is -2.59. The lowest BCUT2D eigenvalue weighted by Crippen LogP contribution is -2.50. The van der Waals surface area contributed by atoms with Crippen molar-refractivity contribution in [1.29, 1.82) is 0 Å². The molecule has 11 heteroatoms. The van der Waals surface area contributed by atoms with Gasteiger partial charge in [0.1, 0.15) is 6.04 Å². The van der Waals surface area contributed by atoms with E-state index in [-0.39, 0.29) is 44.4 Å². The van der Waals surface area contributed by atoms with Crippen LogP contribution in [0.1, 0.15) is 72.4 Å². The van der Waals surface area contributed by atoms with Gasteiger partial charge in [0.25, 0.3) is 0 Å². The number of carbonyl (C=O) groups is 2. The van der Waals surface area contributed by atoms with Crippen LogP contribution in [-0.4, -0.2) is 65.2 Å². The largest absolute Gasteiger partial charge is 0.471 e. The minimum Gasteiger partial charge on any atom is -0.392 e. The number of likely N-dealkylation sites (tertiary alicyclic amines) is 1. The summed E-state index contributed by atoms with van der Waals surface area (Å²) in [4.78, 5) is 27.3. The van der Waals surface area contributed by atoms with Crippen molar-refractivity contribution in [2.45, 2.75) is 76.1 Å². The molecule has 246 valence electrons. The Kier molecular flexibility index (Phi) is 10.8. The van der Waals surface area contributed by atoms with Crippen molar-refractivity contribution >= 4 is 11.8 Å². The van der Waals surface area contributed by atoms with E-state index in [4.69, 9.17) is 9.47 Å². The molecule has 2 saturated heterocycles. The van der Waals surface area contributed by atoms with Crippen molar-refractivity contribution in [3.63, 3.8) is 0 Å². The van der Waals surface area contributed by atoms with Gasteiger partial charge in [0.15, 0.2) is 6.29 Å². The van der Waals surface area contributed by atoms with Gasteiger partial charge in [0.2, 0.25) is 5.91 Å². The third-order valence-corrected chi connectivity index (χ3v) is 8.83. The van der Waals surface area contributed by atoms with Crippen LogP contribution >= 0.6 is 0 Å². The van der Waals surface area contributed by atoms with Gasteiger partial charge in [-0.1, -0.05) is 78.9 Å². The summed E-state index contributed by atoms with van der Waals surface area (Å²) in [6, 6.07) is 24.3. The Morgan fingerprint density at radius 3 is 2.28 bits per heavy atom. The first-order valence-corrected chi connectivity index (χ1v) is 15.5. The summed E-state index contributed by atoms with van der Waals surface area (Å²) in [5, 5.41) is 12.2. The minimum absolute atomic E-state index is 0.0419. The molecule has 2 aliphatic rings. The summed E-state index contributed by atoms with van der Waals surface area (Å²) < 4.78 is 51.8. The zero-order chi connectivity index (χ0) is 32.8.